The minimum Gasteiger partial charge on any atom is -0.490 e. The van der Waals surface area contributed by atoms with E-state index in [1.807, 2.05) is 14.1 Å². The third kappa shape index (κ3) is 6.97. The Morgan fingerprint density at radius 2 is 1.63 bits per heavy atom. The van der Waals surface area contributed by atoms with E-state index in [-0.39, 0.29) is 42.8 Å². The topological polar surface area (TPSA) is 64.5 Å². The molecule has 1 rings (SSSR count). The van der Waals surface area contributed by atoms with Crippen LogP contribution in [-0.2, 0) is 0 Å². The van der Waals surface area contributed by atoms with E-state index < -0.39 is 0 Å². The molecule has 1 aromatic carbocycles. The van der Waals surface area contributed by atoms with Gasteiger partial charge in [-0.3, -0.25) is 0 Å². The third-order valence-corrected chi connectivity index (χ3v) is 2.83. The Balaban J connectivity index is -0.000000853. The third-order valence-electron chi connectivity index (χ3n) is 2.83. The summed E-state index contributed by atoms with van der Waals surface area (Å²) in [5.74, 6) is 0.684. The first-order valence-corrected chi connectivity index (χ1v) is 5.28. The fourth-order valence-electron chi connectivity index (χ4n) is 1.08. The first-order chi connectivity index (χ1) is 7.33. The van der Waals surface area contributed by atoms with Gasteiger partial charge in [-0.25, -0.2) is 0 Å². The van der Waals surface area contributed by atoms with Crippen molar-refractivity contribution in [2.24, 2.45) is 0 Å². The molecule has 7 heteroatoms. The number of nitrogen functional groups attached to an aromatic ring is 2. The second-order valence-corrected chi connectivity index (χ2v) is 4.79. The van der Waals surface area contributed by atoms with Crippen molar-refractivity contribution in [3.63, 3.8) is 0 Å². The number of benzene rings is 1. The summed E-state index contributed by atoms with van der Waals surface area (Å²) in [7, 11) is 4.05. The monoisotopic (exact) mass is 331 g/mol. The molecule has 4 nitrogen and oxygen atoms in total. The molecular weight excluding hydrogens is 309 g/mol. The minimum absolute atomic E-state index is 0. The van der Waals surface area contributed by atoms with Gasteiger partial charge in [0.05, 0.1) is 5.69 Å². The van der Waals surface area contributed by atoms with Crippen LogP contribution < -0.4 is 16.2 Å². The van der Waals surface area contributed by atoms with Crippen LogP contribution in [0.1, 0.15) is 13.8 Å². The lowest BCUT2D eigenvalue weighted by Gasteiger charge is -2.32. The molecule has 0 saturated carbocycles. The van der Waals surface area contributed by atoms with Gasteiger partial charge < -0.3 is 21.1 Å². The van der Waals surface area contributed by atoms with Crippen LogP contribution in [0.4, 0.5) is 11.4 Å². The summed E-state index contributed by atoms with van der Waals surface area (Å²) >= 11 is 0. The van der Waals surface area contributed by atoms with Crippen molar-refractivity contribution in [1.82, 2.24) is 4.90 Å². The number of ether oxygens (including phenoxy) is 1. The van der Waals surface area contributed by atoms with Crippen molar-refractivity contribution >= 4 is 48.6 Å². The molecule has 0 bridgehead atoms. The van der Waals surface area contributed by atoms with Gasteiger partial charge in [-0.2, -0.15) is 0 Å². The molecule has 0 atom stereocenters. The van der Waals surface area contributed by atoms with Crippen molar-refractivity contribution in [2.75, 3.05) is 32.2 Å². The maximum absolute atomic E-state index is 5.81. The predicted molar refractivity (Wildman–Crippen MR) is 90.3 cm³/mol. The molecule has 0 heterocycles. The van der Waals surface area contributed by atoms with Gasteiger partial charge >= 0.3 is 0 Å². The predicted octanol–water partition coefficient (Wildman–Crippen LogP) is 2.84. The van der Waals surface area contributed by atoms with Crippen molar-refractivity contribution in [1.29, 1.82) is 0 Å². The number of rotatable bonds is 4. The molecule has 0 unspecified atom stereocenters. The fourth-order valence-corrected chi connectivity index (χ4v) is 1.08. The summed E-state index contributed by atoms with van der Waals surface area (Å²) < 4.78 is 5.70. The Labute approximate surface area is 134 Å². The number of halogens is 3. The summed E-state index contributed by atoms with van der Waals surface area (Å²) in [5, 5.41) is 0. The zero-order valence-corrected chi connectivity index (χ0v) is 14.1. The van der Waals surface area contributed by atoms with Crippen LogP contribution in [0.5, 0.6) is 5.75 Å². The highest BCUT2D eigenvalue weighted by molar-refractivity contribution is 5.86. The van der Waals surface area contributed by atoms with Gasteiger partial charge in [0.2, 0.25) is 0 Å². The second kappa shape index (κ2) is 9.37. The van der Waals surface area contributed by atoms with Crippen LogP contribution in [0, 0.1) is 0 Å². The number of nitrogens with zero attached hydrogens (tertiary/aromatic N) is 1. The van der Waals surface area contributed by atoms with E-state index in [0.717, 1.165) is 0 Å². The molecule has 0 aliphatic carbocycles. The zero-order chi connectivity index (χ0) is 12.3. The Kier molecular flexibility index (Phi) is 11.6. The highest BCUT2D eigenvalue weighted by Crippen LogP contribution is 2.25. The van der Waals surface area contributed by atoms with Gasteiger partial charge in [0, 0.05) is 11.2 Å². The second-order valence-electron chi connectivity index (χ2n) is 4.79. The normalized spacial score (nSPS) is 9.95. The van der Waals surface area contributed by atoms with Crippen molar-refractivity contribution in [3.8, 4) is 5.75 Å². The maximum atomic E-state index is 5.81. The van der Waals surface area contributed by atoms with Crippen molar-refractivity contribution in [3.05, 3.63) is 18.2 Å². The lowest BCUT2D eigenvalue weighted by atomic mass is 10.1. The van der Waals surface area contributed by atoms with E-state index in [0.29, 0.717) is 23.7 Å². The van der Waals surface area contributed by atoms with Crippen molar-refractivity contribution in [2.45, 2.75) is 19.4 Å². The molecule has 0 aliphatic heterocycles. The maximum Gasteiger partial charge on any atom is 0.142 e. The highest BCUT2D eigenvalue weighted by Gasteiger charge is 2.21. The molecule has 0 amide bonds. The van der Waals surface area contributed by atoms with E-state index in [1.54, 1.807) is 18.2 Å². The summed E-state index contributed by atoms with van der Waals surface area (Å²) in [5.41, 5.74) is 12.6. The van der Waals surface area contributed by atoms with Crippen LogP contribution in [0.2, 0.25) is 0 Å². The first-order valence-electron chi connectivity index (χ1n) is 5.28. The average molecular weight is 333 g/mol. The quantitative estimate of drug-likeness (QED) is 0.832. The Morgan fingerprint density at radius 3 is 2.05 bits per heavy atom. The number of likely N-dealkylation sites (N-methyl/N-ethyl adjacent to an activating group) is 1. The molecule has 19 heavy (non-hydrogen) atoms. The average Bonchev–Trinajstić information content (AvgIpc) is 2.16. The summed E-state index contributed by atoms with van der Waals surface area (Å²) in [6.45, 7) is 4.80. The largest absolute Gasteiger partial charge is 0.490 e. The number of hydrogen-bond donors (Lipinski definition) is 2. The van der Waals surface area contributed by atoms with E-state index in [2.05, 4.69) is 18.7 Å². The standard InChI is InChI=1S/C12H21N3O.3ClH/c1-12(2,15(3)4)8-16-11-6-5-9(13)7-10(11)14;;;/h5-7H,8,13-14H2,1-4H3;3*1H. The molecule has 0 saturated heterocycles. The van der Waals surface area contributed by atoms with Gasteiger partial charge in [-0.1, -0.05) is 0 Å². The van der Waals surface area contributed by atoms with Crippen LogP contribution in [0.3, 0.4) is 0 Å². The molecule has 0 fully saturated rings. The van der Waals surface area contributed by atoms with Crippen LogP contribution >= 0.6 is 37.2 Å². The van der Waals surface area contributed by atoms with E-state index in [4.69, 9.17) is 16.2 Å². The number of nitrogens with two attached hydrogens (primary N) is 2. The zero-order valence-electron chi connectivity index (χ0n) is 11.7. The fraction of sp³-hybridized carbons (Fsp3) is 0.500. The lowest BCUT2D eigenvalue weighted by molar-refractivity contribution is 0.114. The molecular formula is C12H24Cl3N3O. The smallest absolute Gasteiger partial charge is 0.142 e. The summed E-state index contributed by atoms with van der Waals surface area (Å²) in [4.78, 5) is 2.11. The van der Waals surface area contributed by atoms with Crippen LogP contribution in [-0.4, -0.2) is 31.1 Å². The summed E-state index contributed by atoms with van der Waals surface area (Å²) in [6, 6.07) is 5.29. The van der Waals surface area contributed by atoms with E-state index in [1.165, 1.54) is 0 Å². The van der Waals surface area contributed by atoms with Crippen LogP contribution in [0.15, 0.2) is 18.2 Å². The Morgan fingerprint density at radius 1 is 1.11 bits per heavy atom. The van der Waals surface area contributed by atoms with Gasteiger partial charge in [0.15, 0.2) is 0 Å². The Hall–Kier alpha value is -0.550. The van der Waals surface area contributed by atoms with Gasteiger partial charge in [0.25, 0.3) is 0 Å². The number of hydrogen-bond acceptors (Lipinski definition) is 4. The van der Waals surface area contributed by atoms with E-state index >= 15 is 0 Å². The van der Waals surface area contributed by atoms with E-state index in [9.17, 15) is 0 Å². The molecule has 4 N–H and O–H groups in total. The minimum atomic E-state index is -0.0339. The summed E-state index contributed by atoms with van der Waals surface area (Å²) in [6.07, 6.45) is 0. The number of anilines is 2. The Bertz CT molecular complexity index is 373. The van der Waals surface area contributed by atoms with Gasteiger partial charge in [0.1, 0.15) is 12.4 Å². The molecule has 1 aromatic rings. The highest BCUT2D eigenvalue weighted by atomic mass is 35.5. The van der Waals surface area contributed by atoms with Crippen LogP contribution in [0.25, 0.3) is 0 Å². The van der Waals surface area contributed by atoms with Gasteiger partial charge in [-0.15, -0.1) is 37.2 Å². The van der Waals surface area contributed by atoms with Crippen molar-refractivity contribution < 1.29 is 4.74 Å². The van der Waals surface area contributed by atoms with Gasteiger partial charge in [-0.05, 0) is 46.1 Å². The molecule has 114 valence electrons. The lowest BCUT2D eigenvalue weighted by Crippen LogP contribution is -2.43. The molecule has 0 radical (unpaired) electrons. The SMILES string of the molecule is CN(C)C(C)(C)COc1ccc(N)cc1N.Cl.Cl.Cl. The molecule has 0 aromatic heterocycles. The molecule has 0 aliphatic rings. The molecule has 0 spiro atoms. The first kappa shape index (κ1) is 23.5.